The first-order chi connectivity index (χ1) is 9.20. The van der Waals surface area contributed by atoms with E-state index in [2.05, 4.69) is 0 Å². The van der Waals surface area contributed by atoms with Crippen molar-refractivity contribution in [2.24, 2.45) is 0 Å². The second kappa shape index (κ2) is 7.14. The Morgan fingerprint density at radius 3 is 2.30 bits per heavy atom. The number of allylic oxidation sites excluding steroid dienone is 1. The molecule has 1 aromatic rings. The summed E-state index contributed by atoms with van der Waals surface area (Å²) in [5.41, 5.74) is 0.779. The van der Waals surface area contributed by atoms with E-state index in [0.717, 1.165) is 5.56 Å². The van der Waals surface area contributed by atoms with Gasteiger partial charge in [-0.05, 0) is 45.4 Å². The molecule has 0 bridgehead atoms. The van der Waals surface area contributed by atoms with Crippen LogP contribution in [-0.4, -0.2) is 21.7 Å². The maximum Gasteiger partial charge on any atom is 0.247 e. The van der Waals surface area contributed by atoms with Crippen molar-refractivity contribution in [2.75, 3.05) is 0 Å². The standard InChI is InChI=1S/C16H21Cl2NO/c1-12(17)5-10-15(20)19(16(2,3)4)11-13-6-8-14(18)9-7-13/h5-10,12H,11H2,1-4H3/b10-5+. The van der Waals surface area contributed by atoms with E-state index in [1.807, 2.05) is 56.9 Å². The lowest BCUT2D eigenvalue weighted by molar-refractivity contribution is -0.131. The fourth-order valence-corrected chi connectivity index (χ4v) is 1.92. The van der Waals surface area contributed by atoms with E-state index in [4.69, 9.17) is 23.2 Å². The van der Waals surface area contributed by atoms with Gasteiger partial charge < -0.3 is 4.90 Å². The number of hydrogen-bond donors (Lipinski definition) is 0. The zero-order chi connectivity index (χ0) is 15.3. The first-order valence-corrected chi connectivity index (χ1v) is 7.40. The topological polar surface area (TPSA) is 20.3 Å². The van der Waals surface area contributed by atoms with Gasteiger partial charge in [0.15, 0.2) is 0 Å². The molecule has 1 unspecified atom stereocenters. The van der Waals surface area contributed by atoms with Crippen LogP contribution in [0.3, 0.4) is 0 Å². The maximum absolute atomic E-state index is 12.3. The van der Waals surface area contributed by atoms with Crippen LogP contribution in [0.1, 0.15) is 33.3 Å². The van der Waals surface area contributed by atoms with E-state index in [0.29, 0.717) is 11.6 Å². The molecule has 1 atom stereocenters. The Bertz CT molecular complexity index is 472. The summed E-state index contributed by atoms with van der Waals surface area (Å²) in [5.74, 6) is -0.0417. The van der Waals surface area contributed by atoms with Gasteiger partial charge in [-0.25, -0.2) is 0 Å². The minimum absolute atomic E-state index is 0.0417. The van der Waals surface area contributed by atoms with Crippen molar-refractivity contribution in [2.45, 2.75) is 45.2 Å². The minimum Gasteiger partial charge on any atom is -0.330 e. The molecule has 0 saturated heterocycles. The van der Waals surface area contributed by atoms with E-state index in [1.165, 1.54) is 0 Å². The predicted molar refractivity (Wildman–Crippen MR) is 86.2 cm³/mol. The van der Waals surface area contributed by atoms with Crippen molar-refractivity contribution >= 4 is 29.1 Å². The first-order valence-electron chi connectivity index (χ1n) is 6.58. The number of hydrogen-bond acceptors (Lipinski definition) is 1. The maximum atomic E-state index is 12.3. The highest BCUT2D eigenvalue weighted by Crippen LogP contribution is 2.19. The zero-order valence-corrected chi connectivity index (χ0v) is 13.9. The largest absolute Gasteiger partial charge is 0.330 e. The average molecular weight is 314 g/mol. The lowest BCUT2D eigenvalue weighted by Gasteiger charge is -2.35. The molecular formula is C16H21Cl2NO. The molecule has 0 aliphatic heterocycles. The van der Waals surface area contributed by atoms with Gasteiger partial charge in [-0.1, -0.05) is 29.8 Å². The normalized spacial score (nSPS) is 13.5. The van der Waals surface area contributed by atoms with Crippen LogP contribution < -0.4 is 0 Å². The molecule has 0 aromatic heterocycles. The number of alkyl halides is 1. The third kappa shape index (κ3) is 5.56. The van der Waals surface area contributed by atoms with Crippen LogP contribution in [0.5, 0.6) is 0 Å². The summed E-state index contributed by atoms with van der Waals surface area (Å²) in [6.07, 6.45) is 3.24. The van der Waals surface area contributed by atoms with Crippen LogP contribution in [0.4, 0.5) is 0 Å². The fraction of sp³-hybridized carbons (Fsp3) is 0.438. The van der Waals surface area contributed by atoms with Crippen molar-refractivity contribution in [3.63, 3.8) is 0 Å². The van der Waals surface area contributed by atoms with Crippen LogP contribution in [0.25, 0.3) is 0 Å². The van der Waals surface area contributed by atoms with Gasteiger partial charge in [-0.2, -0.15) is 0 Å². The van der Waals surface area contributed by atoms with Crippen molar-refractivity contribution < 1.29 is 4.79 Å². The van der Waals surface area contributed by atoms with Crippen molar-refractivity contribution in [3.05, 3.63) is 47.0 Å². The summed E-state index contributed by atoms with van der Waals surface area (Å²) in [7, 11) is 0. The molecule has 4 heteroatoms. The Morgan fingerprint density at radius 2 is 1.85 bits per heavy atom. The summed E-state index contributed by atoms with van der Waals surface area (Å²) in [5, 5.41) is 0.537. The zero-order valence-electron chi connectivity index (χ0n) is 12.4. The Labute approximate surface area is 131 Å². The van der Waals surface area contributed by atoms with E-state index < -0.39 is 0 Å². The molecular weight excluding hydrogens is 293 g/mol. The molecule has 1 rings (SSSR count). The van der Waals surface area contributed by atoms with Gasteiger partial charge in [-0.3, -0.25) is 4.79 Å². The van der Waals surface area contributed by atoms with E-state index >= 15 is 0 Å². The summed E-state index contributed by atoms with van der Waals surface area (Å²) in [6.45, 7) is 8.41. The second-order valence-corrected chi connectivity index (χ2v) is 6.88. The molecule has 0 aliphatic carbocycles. The van der Waals surface area contributed by atoms with Gasteiger partial charge in [0.05, 0.1) is 0 Å². The first kappa shape index (κ1) is 17.1. The monoisotopic (exact) mass is 313 g/mol. The molecule has 1 amide bonds. The molecule has 0 heterocycles. The molecule has 2 nitrogen and oxygen atoms in total. The SMILES string of the molecule is CC(Cl)/C=C/C(=O)N(Cc1ccc(Cl)cc1)C(C)(C)C. The number of halogens is 2. The molecule has 110 valence electrons. The van der Waals surface area contributed by atoms with Gasteiger partial charge in [0.25, 0.3) is 0 Å². The number of rotatable bonds is 4. The quantitative estimate of drug-likeness (QED) is 0.585. The summed E-state index contributed by atoms with van der Waals surface area (Å²) < 4.78 is 0. The van der Waals surface area contributed by atoms with Gasteiger partial charge >= 0.3 is 0 Å². The summed E-state index contributed by atoms with van der Waals surface area (Å²) in [6, 6.07) is 7.53. The molecule has 0 spiro atoms. The third-order valence-electron chi connectivity index (χ3n) is 2.83. The van der Waals surface area contributed by atoms with Gasteiger partial charge in [0.2, 0.25) is 5.91 Å². The lowest BCUT2D eigenvalue weighted by atomic mass is 10.0. The molecule has 0 saturated carbocycles. The highest BCUT2D eigenvalue weighted by atomic mass is 35.5. The third-order valence-corrected chi connectivity index (χ3v) is 3.23. The van der Waals surface area contributed by atoms with Gasteiger partial charge in [0, 0.05) is 28.6 Å². The summed E-state index contributed by atoms with van der Waals surface area (Å²) in [4.78, 5) is 14.1. The van der Waals surface area contributed by atoms with E-state index in [-0.39, 0.29) is 16.8 Å². The van der Waals surface area contributed by atoms with Crippen LogP contribution >= 0.6 is 23.2 Å². The fourth-order valence-electron chi connectivity index (χ4n) is 1.72. The molecule has 0 aliphatic rings. The number of amides is 1. The Kier molecular flexibility index (Phi) is 6.09. The molecule has 0 fully saturated rings. The average Bonchev–Trinajstić information content (AvgIpc) is 2.33. The van der Waals surface area contributed by atoms with Crippen molar-refractivity contribution in [1.29, 1.82) is 0 Å². The number of benzene rings is 1. The predicted octanol–water partition coefficient (Wildman–Crippen LogP) is 4.65. The smallest absolute Gasteiger partial charge is 0.247 e. The second-order valence-electron chi connectivity index (χ2n) is 5.76. The Hall–Kier alpha value is -0.990. The number of carbonyl (C=O) groups is 1. The lowest BCUT2D eigenvalue weighted by Crippen LogP contribution is -2.44. The molecule has 0 radical (unpaired) electrons. The van der Waals surface area contributed by atoms with Crippen LogP contribution in [0.2, 0.25) is 5.02 Å². The highest BCUT2D eigenvalue weighted by molar-refractivity contribution is 6.30. The number of carbonyl (C=O) groups excluding carboxylic acids is 1. The Balaban J connectivity index is 2.90. The number of nitrogens with zero attached hydrogens (tertiary/aromatic N) is 1. The molecule has 1 aromatic carbocycles. The van der Waals surface area contributed by atoms with E-state index in [1.54, 1.807) is 12.2 Å². The van der Waals surface area contributed by atoms with Gasteiger partial charge in [0.1, 0.15) is 0 Å². The van der Waals surface area contributed by atoms with Crippen LogP contribution in [0, 0.1) is 0 Å². The van der Waals surface area contributed by atoms with Crippen LogP contribution in [0.15, 0.2) is 36.4 Å². The Morgan fingerprint density at radius 1 is 1.30 bits per heavy atom. The summed E-state index contributed by atoms with van der Waals surface area (Å²) >= 11 is 11.7. The van der Waals surface area contributed by atoms with Gasteiger partial charge in [-0.15, -0.1) is 11.6 Å². The van der Waals surface area contributed by atoms with Crippen molar-refractivity contribution in [3.8, 4) is 0 Å². The van der Waals surface area contributed by atoms with E-state index in [9.17, 15) is 4.79 Å². The highest BCUT2D eigenvalue weighted by Gasteiger charge is 2.24. The molecule has 0 N–H and O–H groups in total. The minimum atomic E-state index is -0.267. The molecule has 20 heavy (non-hydrogen) atoms. The van der Waals surface area contributed by atoms with Crippen molar-refractivity contribution in [1.82, 2.24) is 4.90 Å². The van der Waals surface area contributed by atoms with Crippen LogP contribution in [-0.2, 0) is 11.3 Å².